The molecule has 0 atom stereocenters. The fourth-order valence-corrected chi connectivity index (χ4v) is 2.51. The van der Waals surface area contributed by atoms with Gasteiger partial charge in [0.15, 0.2) is 0 Å². The lowest BCUT2D eigenvalue weighted by Gasteiger charge is -2.08. The first-order valence-corrected chi connectivity index (χ1v) is 6.69. The molecule has 0 fully saturated rings. The quantitative estimate of drug-likeness (QED) is 0.903. The second-order valence-electron chi connectivity index (χ2n) is 3.65. The lowest BCUT2D eigenvalue weighted by atomic mass is 10.1. The number of rotatable bonds is 4. The van der Waals surface area contributed by atoms with Crippen LogP contribution in [0.15, 0.2) is 22.9 Å². The lowest BCUT2D eigenvalue weighted by Crippen LogP contribution is -2.13. The van der Waals surface area contributed by atoms with Crippen LogP contribution in [-0.4, -0.2) is 27.0 Å². The number of nitrogens with zero attached hydrogens (tertiary/aromatic N) is 2. The van der Waals surface area contributed by atoms with Gasteiger partial charge in [-0.2, -0.15) is 4.37 Å². The summed E-state index contributed by atoms with van der Waals surface area (Å²) < 4.78 is 4.61. The van der Waals surface area contributed by atoms with Crippen molar-refractivity contribution >= 4 is 39.1 Å². The van der Waals surface area contributed by atoms with Gasteiger partial charge in [0.1, 0.15) is 11.6 Å². The van der Waals surface area contributed by atoms with E-state index in [0.29, 0.717) is 4.73 Å². The molecule has 0 amide bonds. The smallest absolute Gasteiger partial charge is 0.322 e. The van der Waals surface area contributed by atoms with E-state index in [4.69, 9.17) is 5.11 Å². The molecule has 2 rings (SSSR count). The van der Waals surface area contributed by atoms with Crippen LogP contribution < -0.4 is 5.32 Å². The third-order valence-corrected chi connectivity index (χ3v) is 3.67. The molecule has 2 N–H and O–H groups in total. The predicted octanol–water partition coefficient (Wildman–Crippen LogP) is 2.77. The summed E-state index contributed by atoms with van der Waals surface area (Å²) in [4.78, 5) is 14.8. The summed E-state index contributed by atoms with van der Waals surface area (Å²) in [6.07, 6.45) is 0. The Morgan fingerprint density at radius 3 is 2.94 bits per heavy atom. The average molecular weight is 328 g/mol. The highest BCUT2D eigenvalue weighted by Crippen LogP contribution is 2.27. The molecular formula is C11H10BrN3O2S. The predicted molar refractivity (Wildman–Crippen MR) is 73.9 cm³/mol. The molecule has 0 saturated heterocycles. The number of anilines is 1. The molecule has 7 heteroatoms. The highest BCUT2D eigenvalue weighted by atomic mass is 79.9. The number of carboxylic acid groups (broad SMARTS) is 1. The molecule has 1 aromatic carbocycles. The van der Waals surface area contributed by atoms with E-state index in [-0.39, 0.29) is 6.54 Å². The number of aliphatic carboxylic acids is 1. The summed E-state index contributed by atoms with van der Waals surface area (Å²) in [7, 11) is 0. The van der Waals surface area contributed by atoms with E-state index in [1.54, 1.807) is 0 Å². The zero-order valence-electron chi connectivity index (χ0n) is 9.48. The number of hydrogen-bond donors (Lipinski definition) is 2. The van der Waals surface area contributed by atoms with Gasteiger partial charge in [0.05, 0.1) is 0 Å². The van der Waals surface area contributed by atoms with Crippen LogP contribution in [0.1, 0.15) is 5.56 Å². The lowest BCUT2D eigenvalue weighted by molar-refractivity contribution is -0.134. The molecule has 94 valence electrons. The van der Waals surface area contributed by atoms with Crippen molar-refractivity contribution in [1.82, 2.24) is 9.36 Å². The Kier molecular flexibility index (Phi) is 3.93. The van der Waals surface area contributed by atoms with Gasteiger partial charge >= 0.3 is 5.97 Å². The van der Waals surface area contributed by atoms with Crippen molar-refractivity contribution in [3.8, 4) is 10.6 Å². The SMILES string of the molecule is Cc1ccc(-c2nc(Br)ns2)cc1NCC(=O)O. The van der Waals surface area contributed by atoms with Gasteiger partial charge in [0.25, 0.3) is 0 Å². The van der Waals surface area contributed by atoms with E-state index in [2.05, 4.69) is 30.6 Å². The van der Waals surface area contributed by atoms with Gasteiger partial charge in [-0.05, 0) is 46.0 Å². The first kappa shape index (κ1) is 13.0. The fourth-order valence-electron chi connectivity index (χ4n) is 1.44. The van der Waals surface area contributed by atoms with Gasteiger partial charge in [-0.1, -0.05) is 12.1 Å². The van der Waals surface area contributed by atoms with Crippen LogP contribution in [0.5, 0.6) is 0 Å². The van der Waals surface area contributed by atoms with Crippen molar-refractivity contribution < 1.29 is 9.90 Å². The Bertz CT molecular complexity index is 585. The van der Waals surface area contributed by atoms with Crippen molar-refractivity contribution in [2.24, 2.45) is 0 Å². The zero-order valence-corrected chi connectivity index (χ0v) is 11.9. The van der Waals surface area contributed by atoms with E-state index in [9.17, 15) is 4.79 Å². The highest BCUT2D eigenvalue weighted by molar-refractivity contribution is 9.10. The van der Waals surface area contributed by atoms with Crippen LogP contribution in [0.3, 0.4) is 0 Å². The third-order valence-electron chi connectivity index (χ3n) is 2.32. The minimum absolute atomic E-state index is 0.107. The van der Waals surface area contributed by atoms with Crippen molar-refractivity contribution in [3.63, 3.8) is 0 Å². The molecule has 0 aliphatic heterocycles. The van der Waals surface area contributed by atoms with E-state index in [1.165, 1.54) is 11.5 Å². The molecule has 0 radical (unpaired) electrons. The number of hydrogen-bond acceptors (Lipinski definition) is 5. The summed E-state index contributed by atoms with van der Waals surface area (Å²) in [6.45, 7) is 1.81. The van der Waals surface area contributed by atoms with Crippen LogP contribution >= 0.6 is 27.5 Å². The summed E-state index contributed by atoms with van der Waals surface area (Å²) in [5.74, 6) is -0.890. The standard InChI is InChI=1S/C11H10BrN3O2S/c1-6-2-3-7(10-14-11(12)15-18-10)4-8(6)13-5-9(16)17/h2-4,13H,5H2,1H3,(H,16,17). The van der Waals surface area contributed by atoms with Crippen LogP contribution in [0.2, 0.25) is 0 Å². The van der Waals surface area contributed by atoms with Crippen LogP contribution in [-0.2, 0) is 4.79 Å². The molecule has 2 aromatic rings. The van der Waals surface area contributed by atoms with Gasteiger partial charge in [0.2, 0.25) is 4.73 Å². The molecule has 0 unspecified atom stereocenters. The maximum Gasteiger partial charge on any atom is 0.322 e. The Morgan fingerprint density at radius 1 is 1.56 bits per heavy atom. The second kappa shape index (κ2) is 5.45. The maximum absolute atomic E-state index is 10.6. The number of aryl methyl sites for hydroxylation is 1. The summed E-state index contributed by atoms with van der Waals surface area (Å²) in [5.41, 5.74) is 2.70. The van der Waals surface area contributed by atoms with Crippen molar-refractivity contribution in [2.75, 3.05) is 11.9 Å². The summed E-state index contributed by atoms with van der Waals surface area (Å²) >= 11 is 4.50. The number of carbonyl (C=O) groups is 1. The van der Waals surface area contributed by atoms with E-state index < -0.39 is 5.97 Å². The number of carboxylic acids is 1. The Balaban J connectivity index is 2.28. The monoisotopic (exact) mass is 327 g/mol. The molecule has 0 saturated carbocycles. The van der Waals surface area contributed by atoms with E-state index in [0.717, 1.165) is 21.8 Å². The topological polar surface area (TPSA) is 75.1 Å². The van der Waals surface area contributed by atoms with Crippen LogP contribution in [0.25, 0.3) is 10.6 Å². The minimum Gasteiger partial charge on any atom is -0.480 e. The van der Waals surface area contributed by atoms with Gasteiger partial charge in [0, 0.05) is 11.3 Å². The molecular weight excluding hydrogens is 318 g/mol. The largest absolute Gasteiger partial charge is 0.480 e. The minimum atomic E-state index is -0.890. The fraction of sp³-hybridized carbons (Fsp3) is 0.182. The molecule has 0 aliphatic rings. The van der Waals surface area contributed by atoms with Crippen molar-refractivity contribution in [1.29, 1.82) is 0 Å². The number of nitrogens with one attached hydrogen (secondary N) is 1. The van der Waals surface area contributed by atoms with Gasteiger partial charge in [-0.3, -0.25) is 4.79 Å². The molecule has 5 nitrogen and oxygen atoms in total. The molecule has 0 bridgehead atoms. The third kappa shape index (κ3) is 3.05. The maximum atomic E-state index is 10.6. The number of benzene rings is 1. The summed E-state index contributed by atoms with van der Waals surface area (Å²) in [5, 5.41) is 12.3. The number of halogens is 1. The highest BCUT2D eigenvalue weighted by Gasteiger charge is 2.07. The first-order chi connectivity index (χ1) is 8.56. The molecule has 18 heavy (non-hydrogen) atoms. The summed E-state index contributed by atoms with van der Waals surface area (Å²) in [6, 6.07) is 5.74. The normalized spacial score (nSPS) is 10.3. The molecule has 0 spiro atoms. The van der Waals surface area contributed by atoms with Crippen LogP contribution in [0, 0.1) is 6.92 Å². The second-order valence-corrected chi connectivity index (χ2v) is 5.11. The van der Waals surface area contributed by atoms with E-state index in [1.807, 2.05) is 25.1 Å². The molecule has 1 aromatic heterocycles. The first-order valence-electron chi connectivity index (χ1n) is 5.12. The average Bonchev–Trinajstić information content (AvgIpc) is 2.74. The zero-order chi connectivity index (χ0) is 13.1. The molecule has 0 aliphatic carbocycles. The van der Waals surface area contributed by atoms with Gasteiger partial charge in [-0.25, -0.2) is 4.98 Å². The van der Waals surface area contributed by atoms with Crippen molar-refractivity contribution in [2.45, 2.75) is 6.92 Å². The number of aromatic nitrogens is 2. The Labute approximate surface area is 116 Å². The van der Waals surface area contributed by atoms with Gasteiger partial charge in [-0.15, -0.1) is 0 Å². The van der Waals surface area contributed by atoms with E-state index >= 15 is 0 Å². The Hall–Kier alpha value is -1.47. The molecule has 1 heterocycles. The Morgan fingerprint density at radius 2 is 2.33 bits per heavy atom. The van der Waals surface area contributed by atoms with Gasteiger partial charge < -0.3 is 10.4 Å². The van der Waals surface area contributed by atoms with Crippen LogP contribution in [0.4, 0.5) is 5.69 Å². The van der Waals surface area contributed by atoms with Crippen molar-refractivity contribution in [3.05, 3.63) is 28.5 Å².